The van der Waals surface area contributed by atoms with Gasteiger partial charge in [0.15, 0.2) is 0 Å². The number of hydrogen-bond donors (Lipinski definition) is 1. The van der Waals surface area contributed by atoms with Crippen LogP contribution in [-0.4, -0.2) is 59.3 Å². The van der Waals surface area contributed by atoms with Crippen molar-refractivity contribution in [2.75, 3.05) is 33.4 Å². The third-order valence-corrected chi connectivity index (χ3v) is 5.95. The third-order valence-electron chi connectivity index (χ3n) is 5.95. The summed E-state index contributed by atoms with van der Waals surface area (Å²) >= 11 is 0. The number of ether oxygens (including phenoxy) is 3. The molecule has 1 fully saturated rings. The highest BCUT2D eigenvalue weighted by molar-refractivity contribution is 5.65. The number of aryl methyl sites for hydroxylation is 1. The average Bonchev–Trinajstić information content (AvgIpc) is 3.64. The minimum atomic E-state index is -0.637. The number of nitrogens with zero attached hydrogens (tertiary/aromatic N) is 3. The maximum atomic E-state index is 10.6. The Labute approximate surface area is 207 Å². The zero-order valence-electron chi connectivity index (χ0n) is 20.4. The second kappa shape index (κ2) is 11.9. The first-order valence-corrected chi connectivity index (χ1v) is 11.9. The van der Waals surface area contributed by atoms with Gasteiger partial charge in [-0.3, -0.25) is 4.90 Å². The quantitative estimate of drug-likeness (QED) is 0.296. The summed E-state index contributed by atoms with van der Waals surface area (Å²) in [6.07, 6.45) is 7.06. The molecule has 1 aromatic heterocycles. The Morgan fingerprint density at radius 1 is 1.17 bits per heavy atom. The predicted molar refractivity (Wildman–Crippen MR) is 135 cm³/mol. The van der Waals surface area contributed by atoms with E-state index in [1.165, 1.54) is 12.8 Å². The minimum Gasteiger partial charge on any atom is -0.497 e. The van der Waals surface area contributed by atoms with Gasteiger partial charge in [-0.2, -0.15) is 5.10 Å². The van der Waals surface area contributed by atoms with E-state index in [1.54, 1.807) is 11.8 Å². The number of aromatic nitrogens is 2. The van der Waals surface area contributed by atoms with Crippen molar-refractivity contribution in [2.45, 2.75) is 25.5 Å². The Morgan fingerprint density at radius 2 is 1.94 bits per heavy atom. The largest absolute Gasteiger partial charge is 0.497 e. The van der Waals surface area contributed by atoms with E-state index in [9.17, 15) is 5.11 Å². The molecule has 35 heavy (non-hydrogen) atoms. The van der Waals surface area contributed by atoms with Crippen molar-refractivity contribution in [3.63, 3.8) is 0 Å². The highest BCUT2D eigenvalue weighted by Crippen LogP contribution is 2.36. The fourth-order valence-corrected chi connectivity index (χ4v) is 4.12. The zero-order valence-corrected chi connectivity index (χ0v) is 20.4. The summed E-state index contributed by atoms with van der Waals surface area (Å²) in [7, 11) is 3.52. The van der Waals surface area contributed by atoms with Crippen LogP contribution in [0.3, 0.4) is 0 Å². The number of terminal acetylenes is 1. The standard InChI is InChI=1S/C28H33N3O4/c1-4-15-34-20-23(32)18-31(17-21-13-14-21)19-26-27(22-9-6-5-7-10-22)29-30(2)28(26)35-25-12-8-11-24(16-25)33-3/h1,5-12,16,21,23,32H,13-15,17-20H2,2-3H3/t23-/m1/s1. The van der Waals surface area contributed by atoms with Crippen LogP contribution < -0.4 is 9.47 Å². The van der Waals surface area contributed by atoms with E-state index >= 15 is 0 Å². The maximum Gasteiger partial charge on any atom is 0.222 e. The van der Waals surface area contributed by atoms with Gasteiger partial charge >= 0.3 is 0 Å². The summed E-state index contributed by atoms with van der Waals surface area (Å²) in [5.41, 5.74) is 2.85. The molecule has 0 saturated heterocycles. The van der Waals surface area contributed by atoms with Gasteiger partial charge in [0.25, 0.3) is 0 Å². The van der Waals surface area contributed by atoms with Gasteiger partial charge in [0.05, 0.1) is 25.4 Å². The number of methoxy groups -OCH3 is 1. The zero-order chi connectivity index (χ0) is 24.6. The molecule has 184 valence electrons. The van der Waals surface area contributed by atoms with Crippen LogP contribution >= 0.6 is 0 Å². The SMILES string of the molecule is C#CCOC[C@H](O)CN(Cc1c(-c2ccccc2)nn(C)c1Oc1cccc(OC)c1)CC1CC1. The van der Waals surface area contributed by atoms with Crippen LogP contribution in [0.2, 0.25) is 0 Å². The molecule has 0 radical (unpaired) electrons. The Hall–Kier alpha value is -3.31. The monoisotopic (exact) mass is 475 g/mol. The van der Waals surface area contributed by atoms with Crippen LogP contribution in [0.5, 0.6) is 17.4 Å². The molecule has 1 atom stereocenters. The molecule has 3 aromatic rings. The lowest BCUT2D eigenvalue weighted by Crippen LogP contribution is -2.36. The van der Waals surface area contributed by atoms with Crippen molar-refractivity contribution >= 4 is 0 Å². The second-order valence-electron chi connectivity index (χ2n) is 8.91. The first kappa shape index (κ1) is 24.8. The molecule has 0 aliphatic heterocycles. The van der Waals surface area contributed by atoms with Gasteiger partial charge in [-0.1, -0.05) is 42.3 Å². The summed E-state index contributed by atoms with van der Waals surface area (Å²) in [5.74, 6) is 5.14. The second-order valence-corrected chi connectivity index (χ2v) is 8.91. The van der Waals surface area contributed by atoms with E-state index in [-0.39, 0.29) is 13.2 Å². The van der Waals surface area contributed by atoms with Crippen molar-refractivity contribution in [2.24, 2.45) is 13.0 Å². The molecule has 1 aliphatic carbocycles. The number of aliphatic hydroxyl groups is 1. The van der Waals surface area contributed by atoms with E-state index in [2.05, 4.69) is 23.0 Å². The van der Waals surface area contributed by atoms with E-state index in [0.717, 1.165) is 29.1 Å². The molecule has 0 spiro atoms. The van der Waals surface area contributed by atoms with Crippen molar-refractivity contribution in [3.8, 4) is 41.0 Å². The summed E-state index contributed by atoms with van der Waals surface area (Å²) < 4.78 is 18.9. The average molecular weight is 476 g/mol. The summed E-state index contributed by atoms with van der Waals surface area (Å²) in [6, 6.07) is 17.6. The van der Waals surface area contributed by atoms with Crippen molar-refractivity contribution in [1.29, 1.82) is 0 Å². The molecule has 2 aromatic carbocycles. The molecular weight excluding hydrogens is 442 g/mol. The van der Waals surface area contributed by atoms with Gasteiger partial charge in [0.2, 0.25) is 5.88 Å². The predicted octanol–water partition coefficient (Wildman–Crippen LogP) is 4.11. The molecule has 7 nitrogen and oxygen atoms in total. The van der Waals surface area contributed by atoms with E-state index in [1.807, 2.05) is 49.5 Å². The van der Waals surface area contributed by atoms with E-state index < -0.39 is 6.10 Å². The van der Waals surface area contributed by atoms with Crippen LogP contribution in [0.25, 0.3) is 11.3 Å². The Morgan fingerprint density at radius 3 is 2.66 bits per heavy atom. The molecule has 7 heteroatoms. The topological polar surface area (TPSA) is 69.0 Å². The number of hydrogen-bond acceptors (Lipinski definition) is 6. The molecule has 0 amide bonds. The molecule has 4 rings (SSSR count). The Kier molecular flexibility index (Phi) is 8.43. The molecular formula is C28H33N3O4. The van der Waals surface area contributed by atoms with Gasteiger partial charge in [-0.25, -0.2) is 4.68 Å². The van der Waals surface area contributed by atoms with Crippen LogP contribution in [0, 0.1) is 18.3 Å². The highest BCUT2D eigenvalue weighted by atomic mass is 16.5. The third kappa shape index (κ3) is 6.86. The van der Waals surface area contributed by atoms with E-state index in [0.29, 0.717) is 30.6 Å². The molecule has 0 unspecified atom stereocenters. The van der Waals surface area contributed by atoms with Gasteiger partial charge < -0.3 is 19.3 Å². The first-order valence-electron chi connectivity index (χ1n) is 11.9. The maximum absolute atomic E-state index is 10.6. The van der Waals surface area contributed by atoms with Crippen LogP contribution in [-0.2, 0) is 18.3 Å². The molecule has 0 bridgehead atoms. The fourth-order valence-electron chi connectivity index (χ4n) is 4.12. The van der Waals surface area contributed by atoms with E-state index in [4.69, 9.17) is 25.7 Å². The van der Waals surface area contributed by atoms with Gasteiger partial charge in [0, 0.05) is 38.3 Å². The van der Waals surface area contributed by atoms with Gasteiger partial charge in [-0.05, 0) is 30.9 Å². The molecule has 1 saturated carbocycles. The highest BCUT2D eigenvalue weighted by Gasteiger charge is 2.28. The molecule has 1 heterocycles. The van der Waals surface area contributed by atoms with Crippen LogP contribution in [0.15, 0.2) is 54.6 Å². The number of rotatable bonds is 13. The Bertz CT molecular complexity index is 1130. The van der Waals surface area contributed by atoms with Crippen molar-refractivity contribution in [1.82, 2.24) is 14.7 Å². The lowest BCUT2D eigenvalue weighted by molar-refractivity contribution is 0.0250. The first-order chi connectivity index (χ1) is 17.1. The molecule has 1 aliphatic rings. The van der Waals surface area contributed by atoms with Crippen LogP contribution in [0.4, 0.5) is 0 Å². The lowest BCUT2D eigenvalue weighted by Gasteiger charge is -2.25. The number of aliphatic hydroxyl groups excluding tert-OH is 1. The lowest BCUT2D eigenvalue weighted by atomic mass is 10.1. The summed E-state index contributed by atoms with van der Waals surface area (Å²) in [4.78, 5) is 2.27. The molecule has 1 N–H and O–H groups in total. The van der Waals surface area contributed by atoms with Crippen molar-refractivity contribution < 1.29 is 19.3 Å². The fraction of sp³-hybridized carbons (Fsp3) is 0.393. The van der Waals surface area contributed by atoms with Gasteiger partial charge in [-0.15, -0.1) is 6.42 Å². The summed E-state index contributed by atoms with van der Waals surface area (Å²) in [6.45, 7) is 2.35. The van der Waals surface area contributed by atoms with Gasteiger partial charge in [0.1, 0.15) is 23.8 Å². The number of benzene rings is 2. The Balaban J connectivity index is 1.64. The van der Waals surface area contributed by atoms with Crippen molar-refractivity contribution in [3.05, 3.63) is 60.2 Å². The smallest absolute Gasteiger partial charge is 0.222 e. The minimum absolute atomic E-state index is 0.193. The van der Waals surface area contributed by atoms with Crippen LogP contribution in [0.1, 0.15) is 18.4 Å². The summed E-state index contributed by atoms with van der Waals surface area (Å²) in [5, 5.41) is 15.4. The normalized spacial score (nSPS) is 14.0.